The molecular formula is C11H13N5OS2. The van der Waals surface area contributed by atoms with Crippen molar-refractivity contribution in [1.82, 2.24) is 10.1 Å². The smallest absolute Gasteiger partial charge is 0.228 e. The molecule has 0 aliphatic carbocycles. The van der Waals surface area contributed by atoms with Crippen LogP contribution < -0.4 is 11.1 Å². The van der Waals surface area contributed by atoms with E-state index in [2.05, 4.69) is 21.5 Å². The molecule has 0 aliphatic heterocycles. The predicted molar refractivity (Wildman–Crippen MR) is 76.5 cm³/mol. The summed E-state index contributed by atoms with van der Waals surface area (Å²) in [7, 11) is 0. The van der Waals surface area contributed by atoms with Crippen LogP contribution in [-0.4, -0.2) is 22.9 Å². The topological polar surface area (TPSA) is 101 Å². The number of thiophene rings is 1. The maximum absolute atomic E-state index is 8.97. The molecule has 0 spiro atoms. The van der Waals surface area contributed by atoms with Gasteiger partial charge in [-0.15, -0.1) is 23.1 Å². The van der Waals surface area contributed by atoms with Gasteiger partial charge in [0.1, 0.15) is 15.9 Å². The number of hydrogen-bond donors (Lipinski definition) is 2. The Bertz CT molecular complexity index is 613. The number of aromatic nitrogens is 2. The number of aryl methyl sites for hydroxylation is 1. The number of nitrogens with two attached hydrogens (primary N) is 1. The minimum absolute atomic E-state index is 0.542. The first-order chi connectivity index (χ1) is 9.15. The maximum atomic E-state index is 8.97. The lowest BCUT2D eigenvalue weighted by Gasteiger charge is -2.04. The van der Waals surface area contributed by atoms with E-state index in [1.807, 2.05) is 6.26 Å². The highest BCUT2D eigenvalue weighted by atomic mass is 32.2. The third-order valence-corrected chi connectivity index (χ3v) is 4.43. The van der Waals surface area contributed by atoms with Crippen molar-refractivity contribution in [2.75, 3.05) is 23.9 Å². The summed E-state index contributed by atoms with van der Waals surface area (Å²) in [6, 6.07) is 2.10. The predicted octanol–water partition coefficient (Wildman–Crippen LogP) is 2.27. The van der Waals surface area contributed by atoms with E-state index in [-0.39, 0.29) is 0 Å². The van der Waals surface area contributed by atoms with Crippen molar-refractivity contribution in [2.45, 2.75) is 18.2 Å². The van der Waals surface area contributed by atoms with Crippen molar-refractivity contribution in [2.24, 2.45) is 0 Å². The largest absolute Gasteiger partial charge is 0.396 e. The molecule has 2 heterocycles. The molecule has 0 atom stereocenters. The van der Waals surface area contributed by atoms with Crippen LogP contribution in [0.5, 0.6) is 0 Å². The van der Waals surface area contributed by atoms with E-state index in [9.17, 15) is 0 Å². The number of nitrogens with zero attached hydrogens (tertiary/aromatic N) is 3. The van der Waals surface area contributed by atoms with Gasteiger partial charge in [0, 0.05) is 13.0 Å². The van der Waals surface area contributed by atoms with E-state index in [0.29, 0.717) is 35.2 Å². The summed E-state index contributed by atoms with van der Waals surface area (Å²) in [5, 5.41) is 16.9. The average molecular weight is 295 g/mol. The molecule has 6 nitrogen and oxygen atoms in total. The summed E-state index contributed by atoms with van der Waals surface area (Å²) >= 11 is 2.90. The molecule has 100 valence electrons. The van der Waals surface area contributed by atoms with Crippen molar-refractivity contribution in [3.05, 3.63) is 16.6 Å². The SMILES string of the molecule is CSc1c(NCCc2nc(C)no2)sc(C#N)c1N. The second kappa shape index (κ2) is 5.95. The Hall–Kier alpha value is -1.72. The Morgan fingerprint density at radius 3 is 2.95 bits per heavy atom. The highest BCUT2D eigenvalue weighted by Gasteiger charge is 2.15. The highest BCUT2D eigenvalue weighted by Crippen LogP contribution is 2.41. The van der Waals surface area contributed by atoms with Crippen LogP contribution in [0, 0.1) is 18.3 Å². The normalized spacial score (nSPS) is 10.4. The number of rotatable bonds is 5. The average Bonchev–Trinajstić information content (AvgIpc) is 2.93. The first kappa shape index (κ1) is 13.7. The van der Waals surface area contributed by atoms with Crippen LogP contribution in [0.1, 0.15) is 16.6 Å². The monoisotopic (exact) mass is 295 g/mol. The van der Waals surface area contributed by atoms with E-state index in [4.69, 9.17) is 15.5 Å². The van der Waals surface area contributed by atoms with Gasteiger partial charge in [0.25, 0.3) is 0 Å². The lowest BCUT2D eigenvalue weighted by molar-refractivity contribution is 0.377. The molecule has 0 unspecified atom stereocenters. The number of anilines is 2. The molecule has 2 aromatic rings. The molecule has 0 saturated heterocycles. The zero-order valence-electron chi connectivity index (χ0n) is 10.6. The third kappa shape index (κ3) is 3.00. The fourth-order valence-corrected chi connectivity index (χ4v) is 3.41. The van der Waals surface area contributed by atoms with Gasteiger partial charge in [-0.05, 0) is 13.2 Å². The molecule has 0 aromatic carbocycles. The molecule has 0 amide bonds. The summed E-state index contributed by atoms with van der Waals surface area (Å²) in [5.74, 6) is 1.23. The summed E-state index contributed by atoms with van der Waals surface area (Å²) in [4.78, 5) is 5.59. The Balaban J connectivity index is 2.01. The Morgan fingerprint density at radius 2 is 2.37 bits per heavy atom. The molecule has 0 bridgehead atoms. The number of nitriles is 1. The first-order valence-corrected chi connectivity index (χ1v) is 7.59. The van der Waals surface area contributed by atoms with E-state index in [1.165, 1.54) is 23.1 Å². The second-order valence-corrected chi connectivity index (χ2v) is 5.57. The zero-order valence-corrected chi connectivity index (χ0v) is 12.2. The van der Waals surface area contributed by atoms with Gasteiger partial charge in [0.2, 0.25) is 5.89 Å². The van der Waals surface area contributed by atoms with Gasteiger partial charge in [-0.25, -0.2) is 0 Å². The van der Waals surface area contributed by atoms with Crippen molar-refractivity contribution >= 4 is 33.8 Å². The van der Waals surface area contributed by atoms with Gasteiger partial charge < -0.3 is 15.6 Å². The second-order valence-electron chi connectivity index (χ2n) is 3.73. The van der Waals surface area contributed by atoms with E-state index >= 15 is 0 Å². The number of thioether (sulfide) groups is 1. The lowest BCUT2D eigenvalue weighted by Crippen LogP contribution is -2.04. The van der Waals surface area contributed by atoms with Crippen LogP contribution in [0.3, 0.4) is 0 Å². The van der Waals surface area contributed by atoms with Crippen molar-refractivity contribution in [1.29, 1.82) is 5.26 Å². The van der Waals surface area contributed by atoms with E-state index in [1.54, 1.807) is 6.92 Å². The summed E-state index contributed by atoms with van der Waals surface area (Å²) < 4.78 is 5.03. The van der Waals surface area contributed by atoms with Gasteiger partial charge in [0.15, 0.2) is 5.82 Å². The fourth-order valence-electron chi connectivity index (χ4n) is 1.56. The molecule has 0 radical (unpaired) electrons. The molecule has 3 N–H and O–H groups in total. The van der Waals surface area contributed by atoms with Crippen molar-refractivity contribution in [3.8, 4) is 6.07 Å². The lowest BCUT2D eigenvalue weighted by atomic mass is 10.4. The highest BCUT2D eigenvalue weighted by molar-refractivity contribution is 7.99. The van der Waals surface area contributed by atoms with E-state index < -0.39 is 0 Å². The fraction of sp³-hybridized carbons (Fsp3) is 0.364. The van der Waals surface area contributed by atoms with Gasteiger partial charge >= 0.3 is 0 Å². The van der Waals surface area contributed by atoms with Gasteiger partial charge in [0.05, 0.1) is 10.6 Å². The quantitative estimate of drug-likeness (QED) is 0.816. The molecule has 0 aliphatic rings. The first-order valence-electron chi connectivity index (χ1n) is 5.55. The number of nitrogen functional groups attached to an aromatic ring is 1. The standard InChI is InChI=1S/C11H13N5OS2/c1-6-15-8(17-16-6)3-4-14-11-10(18-2)9(13)7(5-12)19-11/h14H,3-4,13H2,1-2H3. The van der Waals surface area contributed by atoms with Gasteiger partial charge in [-0.1, -0.05) is 5.16 Å². The zero-order chi connectivity index (χ0) is 13.8. The Labute approximate surface area is 119 Å². The molecule has 19 heavy (non-hydrogen) atoms. The van der Waals surface area contributed by atoms with Crippen LogP contribution >= 0.6 is 23.1 Å². The molecule has 2 rings (SSSR count). The van der Waals surface area contributed by atoms with Crippen LogP contribution in [-0.2, 0) is 6.42 Å². The molecule has 0 fully saturated rings. The summed E-state index contributed by atoms with van der Waals surface area (Å²) in [6.45, 7) is 2.44. The summed E-state index contributed by atoms with van der Waals surface area (Å²) in [6.07, 6.45) is 2.57. The molecule has 8 heteroatoms. The van der Waals surface area contributed by atoms with Crippen molar-refractivity contribution in [3.63, 3.8) is 0 Å². The summed E-state index contributed by atoms with van der Waals surface area (Å²) in [5.41, 5.74) is 6.45. The van der Waals surface area contributed by atoms with Crippen LogP contribution in [0.25, 0.3) is 0 Å². The van der Waals surface area contributed by atoms with Crippen molar-refractivity contribution < 1.29 is 4.52 Å². The Morgan fingerprint density at radius 1 is 1.58 bits per heavy atom. The Kier molecular flexibility index (Phi) is 4.29. The van der Waals surface area contributed by atoms with Crippen LogP contribution in [0.2, 0.25) is 0 Å². The maximum Gasteiger partial charge on any atom is 0.228 e. The number of nitrogens with one attached hydrogen (secondary N) is 1. The molecular weight excluding hydrogens is 282 g/mol. The van der Waals surface area contributed by atoms with Gasteiger partial charge in [-0.2, -0.15) is 10.2 Å². The van der Waals surface area contributed by atoms with Crippen LogP contribution in [0.15, 0.2) is 9.42 Å². The van der Waals surface area contributed by atoms with E-state index in [0.717, 1.165) is 9.90 Å². The molecule has 0 saturated carbocycles. The van der Waals surface area contributed by atoms with Crippen LogP contribution in [0.4, 0.5) is 10.7 Å². The minimum atomic E-state index is 0.542. The third-order valence-electron chi connectivity index (χ3n) is 2.40. The van der Waals surface area contributed by atoms with Gasteiger partial charge in [-0.3, -0.25) is 0 Å². The molecule has 2 aromatic heterocycles. The minimum Gasteiger partial charge on any atom is -0.396 e. The number of hydrogen-bond acceptors (Lipinski definition) is 8.